The van der Waals surface area contributed by atoms with Crippen molar-refractivity contribution in [2.45, 2.75) is 6.92 Å². The molecule has 0 saturated heterocycles. The van der Waals surface area contributed by atoms with Crippen LogP contribution in [-0.2, 0) is 20.1 Å². The minimum atomic E-state index is 0. The molecule has 5 heteroatoms. The first-order valence-electron chi connectivity index (χ1n) is 14.2. The summed E-state index contributed by atoms with van der Waals surface area (Å²) in [4.78, 5) is 9.23. The van der Waals surface area contributed by atoms with Crippen LogP contribution in [0.15, 0.2) is 146 Å². The molecule has 215 valence electrons. The molecule has 8 rings (SSSR count). The molecule has 0 aliphatic rings. The van der Waals surface area contributed by atoms with Crippen LogP contribution in [0.25, 0.3) is 60.6 Å². The Kier molecular flexibility index (Phi) is 8.90. The van der Waals surface area contributed by atoms with Crippen molar-refractivity contribution in [3.8, 4) is 39.5 Å². The first kappa shape index (κ1) is 29.4. The summed E-state index contributed by atoms with van der Waals surface area (Å²) < 4.78 is 3.48. The number of benzene rings is 5. The van der Waals surface area contributed by atoms with Crippen LogP contribution >= 0.6 is 11.3 Å². The van der Waals surface area contributed by atoms with Crippen molar-refractivity contribution < 1.29 is 20.1 Å². The van der Waals surface area contributed by atoms with Gasteiger partial charge < -0.3 is 9.55 Å². The molecule has 0 spiro atoms. The van der Waals surface area contributed by atoms with E-state index < -0.39 is 0 Å². The average molecular weight is 762 g/mol. The summed E-state index contributed by atoms with van der Waals surface area (Å²) in [6.07, 6.45) is 1.79. The molecule has 0 aliphatic heterocycles. The van der Waals surface area contributed by atoms with Gasteiger partial charge in [0.25, 0.3) is 0 Å². The molecule has 0 bridgehead atoms. The Bertz CT molecular complexity index is 2080. The third-order valence-corrected chi connectivity index (χ3v) is 8.25. The Labute approximate surface area is 274 Å². The van der Waals surface area contributed by atoms with E-state index in [1.165, 1.54) is 26.8 Å². The molecule has 0 amide bonds. The number of rotatable bonds is 4. The number of para-hydroxylation sites is 2. The molecule has 0 unspecified atom stereocenters. The number of thiophene rings is 1. The van der Waals surface area contributed by atoms with Crippen molar-refractivity contribution in [2.24, 2.45) is 0 Å². The normalized spacial score (nSPS) is 10.7. The third-order valence-electron chi connectivity index (χ3n) is 7.36. The van der Waals surface area contributed by atoms with Crippen molar-refractivity contribution in [1.82, 2.24) is 14.5 Å². The Balaban J connectivity index is 0.000000222. The number of fused-ring (bicyclic) bond motifs is 2. The van der Waals surface area contributed by atoms with Crippen LogP contribution in [0.5, 0.6) is 0 Å². The molecule has 1 radical (unpaired) electrons. The maximum Gasteiger partial charge on any atom is 0.0774 e. The van der Waals surface area contributed by atoms with Crippen LogP contribution in [0.1, 0.15) is 5.56 Å². The van der Waals surface area contributed by atoms with Crippen LogP contribution in [0.3, 0.4) is 0 Å². The SMILES string of the molecule is Cc1ccc(-c2ccc(-n3c(-c4[c-]sc5ccccc45)nc4ccccc43)cc2)cc1.[Ir].[c-]1ccccc1-c1ccccn1. The quantitative estimate of drug-likeness (QED) is 0.167. The Hall–Kier alpha value is -4.67. The van der Waals surface area contributed by atoms with Gasteiger partial charge in [0.05, 0.1) is 16.9 Å². The average Bonchev–Trinajstić information content (AvgIpc) is 3.68. The van der Waals surface area contributed by atoms with Gasteiger partial charge in [-0.2, -0.15) is 0 Å². The molecule has 8 aromatic rings. The fourth-order valence-electron chi connectivity index (χ4n) is 5.17. The van der Waals surface area contributed by atoms with Crippen molar-refractivity contribution in [1.29, 1.82) is 0 Å². The van der Waals surface area contributed by atoms with Crippen molar-refractivity contribution >= 4 is 32.5 Å². The molecule has 0 N–H and O–H groups in total. The minimum absolute atomic E-state index is 0. The van der Waals surface area contributed by atoms with E-state index in [2.05, 4.69) is 119 Å². The van der Waals surface area contributed by atoms with E-state index in [9.17, 15) is 0 Å². The molecule has 3 heterocycles. The van der Waals surface area contributed by atoms with Crippen molar-refractivity contribution in [2.75, 3.05) is 0 Å². The number of nitrogens with zero attached hydrogens (tertiary/aromatic N) is 3. The zero-order valence-corrected chi connectivity index (χ0v) is 27.2. The fraction of sp³-hybridized carbons (Fsp3) is 0.0256. The van der Waals surface area contributed by atoms with E-state index in [1.54, 1.807) is 17.5 Å². The zero-order valence-electron chi connectivity index (χ0n) is 23.9. The number of hydrogen-bond donors (Lipinski definition) is 0. The van der Waals surface area contributed by atoms with Gasteiger partial charge in [-0.3, -0.25) is 16.3 Å². The van der Waals surface area contributed by atoms with Crippen LogP contribution in [0.4, 0.5) is 0 Å². The van der Waals surface area contributed by atoms with Gasteiger partial charge in [0.2, 0.25) is 0 Å². The molecular formula is C39H27IrN3S-2. The van der Waals surface area contributed by atoms with E-state index in [1.807, 2.05) is 48.5 Å². The van der Waals surface area contributed by atoms with Crippen LogP contribution in [0.2, 0.25) is 0 Å². The topological polar surface area (TPSA) is 30.7 Å². The predicted octanol–water partition coefficient (Wildman–Crippen LogP) is 10.2. The summed E-state index contributed by atoms with van der Waals surface area (Å²) >= 11 is 1.65. The first-order valence-corrected chi connectivity index (χ1v) is 15.0. The summed E-state index contributed by atoms with van der Waals surface area (Å²) in [5, 5.41) is 4.70. The number of aryl methyl sites for hydroxylation is 1. The summed E-state index contributed by atoms with van der Waals surface area (Å²) in [5.74, 6) is 0.932. The maximum atomic E-state index is 5.01. The summed E-state index contributed by atoms with van der Waals surface area (Å²) in [6.45, 7) is 2.11. The number of pyridine rings is 1. The van der Waals surface area contributed by atoms with Gasteiger partial charge in [0, 0.05) is 32.0 Å². The molecule has 0 saturated carbocycles. The second-order valence-electron chi connectivity index (χ2n) is 10.2. The van der Waals surface area contributed by atoms with E-state index in [0.29, 0.717) is 0 Å². The van der Waals surface area contributed by atoms with Gasteiger partial charge in [-0.25, -0.2) is 0 Å². The molecular weight excluding hydrogens is 735 g/mol. The van der Waals surface area contributed by atoms with Crippen LogP contribution < -0.4 is 0 Å². The van der Waals surface area contributed by atoms with E-state index in [0.717, 1.165) is 39.4 Å². The Morgan fingerprint density at radius 3 is 2.14 bits per heavy atom. The second-order valence-corrected chi connectivity index (χ2v) is 11.1. The maximum absolute atomic E-state index is 5.01. The predicted molar refractivity (Wildman–Crippen MR) is 179 cm³/mol. The molecule has 0 atom stereocenters. The van der Waals surface area contributed by atoms with Gasteiger partial charge >= 0.3 is 0 Å². The van der Waals surface area contributed by atoms with Gasteiger partial charge in [0.1, 0.15) is 0 Å². The van der Waals surface area contributed by atoms with Crippen LogP contribution in [-0.4, -0.2) is 14.5 Å². The van der Waals surface area contributed by atoms with E-state index in [4.69, 9.17) is 4.98 Å². The molecule has 0 aliphatic carbocycles. The van der Waals surface area contributed by atoms with Crippen molar-refractivity contribution in [3.05, 3.63) is 163 Å². The standard InChI is InChI=1S/C28H19N2S.C11H8N.Ir/c1-19-10-12-20(13-11-19)21-14-16-22(17-15-21)30-26-8-4-3-7-25(26)29-28(30)24-18-31-27-9-5-2-6-23(24)27;1-2-6-10(7-3-1)11-8-4-5-9-12-11;/h2-17H,1H3;1-6,8-9H;/q2*-1;. The molecule has 44 heavy (non-hydrogen) atoms. The third kappa shape index (κ3) is 6.04. The molecule has 5 aromatic carbocycles. The number of imidazole rings is 1. The minimum Gasteiger partial charge on any atom is -0.333 e. The molecule has 3 nitrogen and oxygen atoms in total. The summed E-state index contributed by atoms with van der Waals surface area (Å²) in [7, 11) is 0. The van der Waals surface area contributed by atoms with Gasteiger partial charge in [-0.15, -0.1) is 47.3 Å². The summed E-state index contributed by atoms with van der Waals surface area (Å²) in [5.41, 5.74) is 9.97. The first-order chi connectivity index (χ1) is 21.2. The van der Waals surface area contributed by atoms with E-state index >= 15 is 0 Å². The number of aromatic nitrogens is 3. The Morgan fingerprint density at radius 2 is 1.39 bits per heavy atom. The summed E-state index contributed by atoms with van der Waals surface area (Å²) in [6, 6.07) is 51.0. The zero-order chi connectivity index (χ0) is 29.0. The fourth-order valence-corrected chi connectivity index (χ4v) is 6.01. The smallest absolute Gasteiger partial charge is 0.0774 e. The monoisotopic (exact) mass is 762 g/mol. The second kappa shape index (κ2) is 13.3. The molecule has 3 aromatic heterocycles. The van der Waals surface area contributed by atoms with Gasteiger partial charge in [-0.05, 0) is 54.1 Å². The molecule has 0 fully saturated rings. The van der Waals surface area contributed by atoms with Crippen LogP contribution in [0, 0.1) is 18.4 Å². The van der Waals surface area contributed by atoms with Gasteiger partial charge in [0.15, 0.2) is 0 Å². The Morgan fingerprint density at radius 1 is 0.682 bits per heavy atom. The van der Waals surface area contributed by atoms with Gasteiger partial charge in [-0.1, -0.05) is 100 Å². The largest absolute Gasteiger partial charge is 0.333 e. The van der Waals surface area contributed by atoms with Crippen molar-refractivity contribution in [3.63, 3.8) is 0 Å². The van der Waals surface area contributed by atoms with E-state index in [-0.39, 0.29) is 20.1 Å². The number of hydrogen-bond acceptors (Lipinski definition) is 3.